The van der Waals surface area contributed by atoms with E-state index in [1.165, 1.54) is 6.07 Å². The van der Waals surface area contributed by atoms with Gasteiger partial charge in [-0.15, -0.1) is 0 Å². The summed E-state index contributed by atoms with van der Waals surface area (Å²) in [5.74, 6) is -3.04. The van der Waals surface area contributed by atoms with E-state index < -0.39 is 17.7 Å². The molecule has 1 aliphatic carbocycles. The van der Waals surface area contributed by atoms with Gasteiger partial charge in [0.05, 0.1) is 5.56 Å². The molecule has 0 radical (unpaired) electrons. The highest BCUT2D eigenvalue weighted by Crippen LogP contribution is 2.13. The van der Waals surface area contributed by atoms with E-state index in [4.69, 9.17) is 0 Å². The Morgan fingerprint density at radius 1 is 1.41 bits per heavy atom. The van der Waals surface area contributed by atoms with E-state index in [9.17, 15) is 13.6 Å². The normalized spacial score (nSPS) is 19.1. The summed E-state index contributed by atoms with van der Waals surface area (Å²) in [5, 5.41) is 2.68. The number of carbonyl (C=O) groups is 1. The predicted octanol–water partition coefficient (Wildman–Crippen LogP) is 2.20. The van der Waals surface area contributed by atoms with Crippen molar-refractivity contribution in [3.63, 3.8) is 0 Å². The van der Waals surface area contributed by atoms with Gasteiger partial charge in [0.1, 0.15) is 0 Å². The minimum absolute atomic E-state index is 0.0110. The van der Waals surface area contributed by atoms with Crippen LogP contribution in [0.15, 0.2) is 24.4 Å². The Kier molecular flexibility index (Phi) is 3.46. The molecule has 1 heterocycles. The van der Waals surface area contributed by atoms with Crippen LogP contribution in [-0.2, 0) is 0 Å². The zero-order valence-corrected chi connectivity index (χ0v) is 9.12. The van der Waals surface area contributed by atoms with Crippen molar-refractivity contribution in [2.75, 3.05) is 0 Å². The van der Waals surface area contributed by atoms with Crippen molar-refractivity contribution in [3.05, 3.63) is 41.7 Å². The minimum atomic E-state index is -1.25. The molecule has 1 aromatic heterocycles. The Hall–Kier alpha value is -1.78. The SMILES string of the molecule is O=C(NC1CC=CCC1)c1ccnc(F)c1F. The maximum atomic E-state index is 13.3. The molecule has 0 aromatic carbocycles. The Bertz CT molecular complexity index is 460. The fraction of sp³-hybridized carbons (Fsp3) is 0.333. The molecule has 90 valence electrons. The molecule has 1 unspecified atom stereocenters. The van der Waals surface area contributed by atoms with Gasteiger partial charge in [0.25, 0.3) is 5.91 Å². The second-order valence-electron chi connectivity index (χ2n) is 3.92. The molecule has 2 rings (SSSR count). The van der Waals surface area contributed by atoms with Crippen LogP contribution < -0.4 is 5.32 Å². The lowest BCUT2D eigenvalue weighted by molar-refractivity contribution is 0.0929. The van der Waals surface area contributed by atoms with Crippen LogP contribution in [-0.4, -0.2) is 16.9 Å². The fourth-order valence-electron chi connectivity index (χ4n) is 1.78. The van der Waals surface area contributed by atoms with E-state index in [2.05, 4.69) is 10.3 Å². The van der Waals surface area contributed by atoms with E-state index in [-0.39, 0.29) is 11.6 Å². The topological polar surface area (TPSA) is 42.0 Å². The van der Waals surface area contributed by atoms with Gasteiger partial charge in [-0.05, 0) is 25.3 Å². The zero-order valence-electron chi connectivity index (χ0n) is 9.12. The number of nitrogens with one attached hydrogen (secondary N) is 1. The summed E-state index contributed by atoms with van der Waals surface area (Å²) >= 11 is 0. The number of carbonyl (C=O) groups excluding carboxylic acids is 1. The lowest BCUT2D eigenvalue weighted by atomic mass is 10.0. The second-order valence-corrected chi connectivity index (χ2v) is 3.92. The molecule has 3 nitrogen and oxygen atoms in total. The number of pyridine rings is 1. The maximum absolute atomic E-state index is 13.3. The van der Waals surface area contributed by atoms with E-state index >= 15 is 0 Å². The monoisotopic (exact) mass is 238 g/mol. The van der Waals surface area contributed by atoms with Gasteiger partial charge in [-0.25, -0.2) is 9.37 Å². The summed E-state index contributed by atoms with van der Waals surface area (Å²) < 4.78 is 26.1. The van der Waals surface area contributed by atoms with Gasteiger partial charge in [-0.2, -0.15) is 4.39 Å². The minimum Gasteiger partial charge on any atom is -0.349 e. The zero-order chi connectivity index (χ0) is 12.3. The highest BCUT2D eigenvalue weighted by Gasteiger charge is 2.19. The van der Waals surface area contributed by atoms with Crippen molar-refractivity contribution in [3.8, 4) is 0 Å². The Morgan fingerprint density at radius 3 is 2.94 bits per heavy atom. The quantitative estimate of drug-likeness (QED) is 0.634. The first-order valence-electron chi connectivity index (χ1n) is 5.44. The standard InChI is InChI=1S/C12H12F2N2O/c13-10-9(6-7-15-11(10)14)12(17)16-8-4-2-1-3-5-8/h1-2,6-8H,3-5H2,(H,16,17). The summed E-state index contributed by atoms with van der Waals surface area (Å²) in [6.07, 6.45) is 7.51. The molecule has 0 aliphatic heterocycles. The largest absolute Gasteiger partial charge is 0.349 e. The molecule has 0 bridgehead atoms. The van der Waals surface area contributed by atoms with Crippen LogP contribution >= 0.6 is 0 Å². The molecule has 0 spiro atoms. The van der Waals surface area contributed by atoms with Crippen LogP contribution in [0.25, 0.3) is 0 Å². The first kappa shape index (κ1) is 11.7. The third-order valence-corrected chi connectivity index (χ3v) is 2.70. The van der Waals surface area contributed by atoms with E-state index in [0.29, 0.717) is 0 Å². The molecule has 17 heavy (non-hydrogen) atoms. The average molecular weight is 238 g/mol. The third-order valence-electron chi connectivity index (χ3n) is 2.70. The van der Waals surface area contributed by atoms with Gasteiger partial charge >= 0.3 is 0 Å². The molecule has 5 heteroatoms. The van der Waals surface area contributed by atoms with Gasteiger partial charge in [0.2, 0.25) is 5.95 Å². The maximum Gasteiger partial charge on any atom is 0.254 e. The van der Waals surface area contributed by atoms with Crippen molar-refractivity contribution in [2.24, 2.45) is 0 Å². The number of nitrogens with zero attached hydrogens (tertiary/aromatic N) is 1. The van der Waals surface area contributed by atoms with Crippen LogP contribution in [0.1, 0.15) is 29.6 Å². The van der Waals surface area contributed by atoms with Crippen molar-refractivity contribution < 1.29 is 13.6 Å². The Balaban J connectivity index is 2.09. The number of rotatable bonds is 2. The highest BCUT2D eigenvalue weighted by molar-refractivity contribution is 5.94. The van der Waals surface area contributed by atoms with Gasteiger partial charge in [-0.1, -0.05) is 12.2 Å². The van der Waals surface area contributed by atoms with Crippen molar-refractivity contribution in [1.29, 1.82) is 0 Å². The number of hydrogen-bond acceptors (Lipinski definition) is 2. The van der Waals surface area contributed by atoms with Crippen LogP contribution in [0.4, 0.5) is 8.78 Å². The number of hydrogen-bond donors (Lipinski definition) is 1. The molecule has 0 fully saturated rings. The first-order valence-corrected chi connectivity index (χ1v) is 5.44. The molecule has 0 saturated carbocycles. The lowest BCUT2D eigenvalue weighted by Gasteiger charge is -2.19. The van der Waals surface area contributed by atoms with Crippen molar-refractivity contribution >= 4 is 5.91 Å². The predicted molar refractivity (Wildman–Crippen MR) is 58.4 cm³/mol. The number of amides is 1. The molecular formula is C12H12F2N2O. The van der Waals surface area contributed by atoms with Gasteiger partial charge in [-0.3, -0.25) is 4.79 Å². The van der Waals surface area contributed by atoms with Crippen molar-refractivity contribution in [2.45, 2.75) is 25.3 Å². The van der Waals surface area contributed by atoms with Gasteiger partial charge in [0, 0.05) is 12.2 Å². The molecule has 1 atom stereocenters. The number of halogens is 2. The van der Waals surface area contributed by atoms with Gasteiger partial charge < -0.3 is 5.32 Å². The lowest BCUT2D eigenvalue weighted by Crippen LogP contribution is -2.35. The van der Waals surface area contributed by atoms with Crippen LogP contribution in [0, 0.1) is 11.8 Å². The number of aromatic nitrogens is 1. The van der Waals surface area contributed by atoms with Crippen molar-refractivity contribution in [1.82, 2.24) is 10.3 Å². The Labute approximate surface area is 97.6 Å². The third kappa shape index (κ3) is 2.67. The highest BCUT2D eigenvalue weighted by atomic mass is 19.2. The molecular weight excluding hydrogens is 226 g/mol. The van der Waals surface area contributed by atoms with Crippen LogP contribution in [0.3, 0.4) is 0 Å². The summed E-state index contributed by atoms with van der Waals surface area (Å²) in [4.78, 5) is 14.9. The smallest absolute Gasteiger partial charge is 0.254 e. The first-order chi connectivity index (χ1) is 8.18. The van der Waals surface area contributed by atoms with Gasteiger partial charge in [0.15, 0.2) is 5.82 Å². The van der Waals surface area contributed by atoms with E-state index in [1.54, 1.807) is 0 Å². The van der Waals surface area contributed by atoms with Crippen LogP contribution in [0.5, 0.6) is 0 Å². The molecule has 1 amide bonds. The summed E-state index contributed by atoms with van der Waals surface area (Å²) in [5.41, 5.74) is -0.299. The fourth-order valence-corrected chi connectivity index (χ4v) is 1.78. The molecule has 1 N–H and O–H groups in total. The molecule has 1 aromatic rings. The molecule has 1 aliphatic rings. The summed E-state index contributed by atoms with van der Waals surface area (Å²) in [6.45, 7) is 0. The average Bonchev–Trinajstić information content (AvgIpc) is 2.34. The Morgan fingerprint density at radius 2 is 2.24 bits per heavy atom. The molecule has 0 saturated heterocycles. The van der Waals surface area contributed by atoms with Crippen LogP contribution in [0.2, 0.25) is 0 Å². The summed E-state index contributed by atoms with van der Waals surface area (Å²) in [7, 11) is 0. The second kappa shape index (κ2) is 5.03. The van der Waals surface area contributed by atoms with E-state index in [1.807, 2.05) is 12.2 Å². The summed E-state index contributed by atoms with van der Waals surface area (Å²) in [6, 6.07) is 1.16. The van der Waals surface area contributed by atoms with E-state index in [0.717, 1.165) is 25.5 Å². The number of allylic oxidation sites excluding steroid dienone is 1.